The maximum Gasteiger partial charge on any atom is 0.335 e. The Bertz CT molecular complexity index is 642. The third-order valence-electron chi connectivity index (χ3n) is 2.56. The normalized spacial score (nSPS) is 9.78. The van der Waals surface area contributed by atoms with E-state index >= 15 is 0 Å². The van der Waals surface area contributed by atoms with E-state index in [1.165, 1.54) is 12.1 Å². The van der Waals surface area contributed by atoms with Gasteiger partial charge in [0.15, 0.2) is 0 Å². The molecule has 0 spiro atoms. The van der Waals surface area contributed by atoms with Gasteiger partial charge in [0.25, 0.3) is 0 Å². The van der Waals surface area contributed by atoms with Crippen molar-refractivity contribution in [3.63, 3.8) is 0 Å². The van der Waals surface area contributed by atoms with Crippen molar-refractivity contribution in [2.24, 2.45) is 0 Å². The number of carbonyl (C=O) groups is 1. The van der Waals surface area contributed by atoms with Crippen LogP contribution in [0.25, 0.3) is 11.1 Å². The molecule has 18 heavy (non-hydrogen) atoms. The van der Waals surface area contributed by atoms with Gasteiger partial charge < -0.3 is 5.11 Å². The molecular weight excluding hydrogens is 250 g/mol. The Labute approximate surface area is 109 Å². The lowest BCUT2D eigenvalue weighted by Crippen LogP contribution is -1.95. The fourth-order valence-electron chi connectivity index (χ4n) is 1.63. The Morgan fingerprint density at radius 1 is 1.17 bits per heavy atom. The Hall–Kier alpha value is -2.31. The molecule has 2 aromatic carbocycles. The van der Waals surface area contributed by atoms with Crippen molar-refractivity contribution in [2.75, 3.05) is 0 Å². The Morgan fingerprint density at radius 3 is 2.39 bits per heavy atom. The van der Waals surface area contributed by atoms with Gasteiger partial charge in [0.05, 0.1) is 16.1 Å². The van der Waals surface area contributed by atoms with Gasteiger partial charge in [0, 0.05) is 5.56 Å². The van der Waals surface area contributed by atoms with Crippen LogP contribution in [0.4, 0.5) is 0 Å². The molecule has 0 radical (unpaired) electrons. The molecule has 0 aromatic heterocycles. The number of carboxylic acids is 1. The third kappa shape index (κ3) is 2.20. The molecule has 2 aromatic rings. The van der Waals surface area contributed by atoms with Crippen LogP contribution < -0.4 is 0 Å². The largest absolute Gasteiger partial charge is 0.478 e. The molecule has 4 heteroatoms. The van der Waals surface area contributed by atoms with E-state index < -0.39 is 5.97 Å². The molecule has 0 saturated carbocycles. The highest BCUT2D eigenvalue weighted by molar-refractivity contribution is 6.34. The van der Waals surface area contributed by atoms with Crippen LogP contribution in [-0.4, -0.2) is 11.1 Å². The summed E-state index contributed by atoms with van der Waals surface area (Å²) in [6, 6.07) is 13.5. The Kier molecular flexibility index (Phi) is 3.31. The van der Waals surface area contributed by atoms with Crippen LogP contribution >= 0.6 is 11.6 Å². The van der Waals surface area contributed by atoms with Gasteiger partial charge in [-0.25, -0.2) is 4.79 Å². The van der Waals surface area contributed by atoms with Crippen molar-refractivity contribution in [3.8, 4) is 17.2 Å². The second-order valence-electron chi connectivity index (χ2n) is 3.66. The number of hydrogen-bond donors (Lipinski definition) is 1. The molecule has 1 N–H and O–H groups in total. The summed E-state index contributed by atoms with van der Waals surface area (Å²) >= 11 is 6.11. The summed E-state index contributed by atoms with van der Waals surface area (Å²) in [5.41, 5.74) is 2.11. The summed E-state index contributed by atoms with van der Waals surface area (Å²) in [7, 11) is 0. The number of benzene rings is 2. The van der Waals surface area contributed by atoms with Crippen LogP contribution in [0.5, 0.6) is 0 Å². The van der Waals surface area contributed by atoms with Crippen molar-refractivity contribution >= 4 is 17.6 Å². The van der Waals surface area contributed by atoms with E-state index in [-0.39, 0.29) is 5.56 Å². The number of hydrogen-bond acceptors (Lipinski definition) is 2. The first-order valence-corrected chi connectivity index (χ1v) is 5.53. The summed E-state index contributed by atoms with van der Waals surface area (Å²) in [5.74, 6) is -0.974. The van der Waals surface area contributed by atoms with Gasteiger partial charge >= 0.3 is 5.97 Å². The standard InChI is InChI=1S/C14H8ClNO2/c15-13-11(8-16)2-1-3-12(13)9-4-6-10(7-5-9)14(17)18/h1-7H,(H,17,18). The van der Waals surface area contributed by atoms with E-state index in [1.54, 1.807) is 30.3 Å². The molecule has 0 heterocycles. The fourth-order valence-corrected chi connectivity index (χ4v) is 1.91. The van der Waals surface area contributed by atoms with Gasteiger partial charge in [-0.3, -0.25) is 0 Å². The third-order valence-corrected chi connectivity index (χ3v) is 2.97. The monoisotopic (exact) mass is 257 g/mol. The van der Waals surface area contributed by atoms with Crippen molar-refractivity contribution in [2.45, 2.75) is 0 Å². The summed E-state index contributed by atoms with van der Waals surface area (Å²) in [4.78, 5) is 10.7. The highest BCUT2D eigenvalue weighted by Gasteiger charge is 2.08. The molecule has 0 aliphatic rings. The van der Waals surface area contributed by atoms with E-state index in [2.05, 4.69) is 0 Å². The highest BCUT2D eigenvalue weighted by Crippen LogP contribution is 2.30. The minimum atomic E-state index is -0.974. The molecule has 0 unspecified atom stereocenters. The molecule has 0 aliphatic heterocycles. The minimum Gasteiger partial charge on any atom is -0.478 e. The quantitative estimate of drug-likeness (QED) is 0.894. The van der Waals surface area contributed by atoms with Gasteiger partial charge in [0.1, 0.15) is 6.07 Å². The Balaban J connectivity index is 2.50. The van der Waals surface area contributed by atoms with Crippen molar-refractivity contribution in [1.29, 1.82) is 5.26 Å². The van der Waals surface area contributed by atoms with Gasteiger partial charge in [0.2, 0.25) is 0 Å². The lowest BCUT2D eigenvalue weighted by Gasteiger charge is -2.06. The summed E-state index contributed by atoms with van der Waals surface area (Å²) in [6.07, 6.45) is 0. The Morgan fingerprint density at radius 2 is 1.83 bits per heavy atom. The number of carboxylic acid groups (broad SMARTS) is 1. The lowest BCUT2D eigenvalue weighted by molar-refractivity contribution is 0.0697. The molecule has 0 atom stereocenters. The van der Waals surface area contributed by atoms with Gasteiger partial charge in [-0.05, 0) is 23.8 Å². The predicted molar refractivity (Wildman–Crippen MR) is 68.6 cm³/mol. The molecule has 3 nitrogen and oxygen atoms in total. The smallest absolute Gasteiger partial charge is 0.335 e. The van der Waals surface area contributed by atoms with Crippen LogP contribution in [-0.2, 0) is 0 Å². The van der Waals surface area contributed by atoms with E-state index in [1.807, 2.05) is 6.07 Å². The van der Waals surface area contributed by atoms with Crippen LogP contribution in [0.2, 0.25) is 5.02 Å². The maximum atomic E-state index is 10.7. The average Bonchev–Trinajstić information content (AvgIpc) is 2.39. The van der Waals surface area contributed by atoms with Gasteiger partial charge in [-0.15, -0.1) is 0 Å². The molecule has 2 rings (SSSR count). The first kappa shape index (κ1) is 12.2. The number of nitriles is 1. The van der Waals surface area contributed by atoms with Crippen molar-refractivity contribution in [1.82, 2.24) is 0 Å². The zero-order chi connectivity index (χ0) is 13.1. The van der Waals surface area contributed by atoms with Gasteiger partial charge in [-0.2, -0.15) is 5.26 Å². The molecule has 88 valence electrons. The lowest BCUT2D eigenvalue weighted by atomic mass is 10.0. The maximum absolute atomic E-state index is 10.7. The van der Waals surface area contributed by atoms with E-state index in [0.717, 1.165) is 5.56 Å². The zero-order valence-corrected chi connectivity index (χ0v) is 9.98. The van der Waals surface area contributed by atoms with Crippen molar-refractivity contribution < 1.29 is 9.90 Å². The van der Waals surface area contributed by atoms with Crippen LogP contribution in [0.15, 0.2) is 42.5 Å². The summed E-state index contributed by atoms with van der Waals surface area (Å²) in [6.45, 7) is 0. The van der Waals surface area contributed by atoms with E-state index in [0.29, 0.717) is 16.1 Å². The van der Waals surface area contributed by atoms with Gasteiger partial charge in [-0.1, -0.05) is 35.9 Å². The van der Waals surface area contributed by atoms with E-state index in [4.69, 9.17) is 22.0 Å². The molecule has 0 bridgehead atoms. The number of halogens is 1. The topological polar surface area (TPSA) is 61.1 Å². The first-order chi connectivity index (χ1) is 8.63. The minimum absolute atomic E-state index is 0.214. The molecule has 0 fully saturated rings. The number of nitrogens with zero attached hydrogens (tertiary/aromatic N) is 1. The van der Waals surface area contributed by atoms with E-state index in [9.17, 15) is 4.79 Å². The second-order valence-corrected chi connectivity index (χ2v) is 4.04. The molecule has 0 amide bonds. The number of rotatable bonds is 2. The summed E-state index contributed by atoms with van der Waals surface area (Å²) < 4.78 is 0. The fraction of sp³-hybridized carbons (Fsp3) is 0. The van der Waals surface area contributed by atoms with Crippen molar-refractivity contribution in [3.05, 3.63) is 58.6 Å². The highest BCUT2D eigenvalue weighted by atomic mass is 35.5. The second kappa shape index (κ2) is 4.91. The zero-order valence-electron chi connectivity index (χ0n) is 9.22. The molecule has 0 saturated heterocycles. The molecule has 0 aliphatic carbocycles. The van der Waals surface area contributed by atoms with Crippen LogP contribution in [0, 0.1) is 11.3 Å². The summed E-state index contributed by atoms with van der Waals surface area (Å²) in [5, 5.41) is 18.1. The van der Waals surface area contributed by atoms with Crippen LogP contribution in [0.3, 0.4) is 0 Å². The molecular formula is C14H8ClNO2. The average molecular weight is 258 g/mol. The number of aromatic carboxylic acids is 1. The SMILES string of the molecule is N#Cc1cccc(-c2ccc(C(=O)O)cc2)c1Cl. The van der Waals surface area contributed by atoms with Crippen LogP contribution in [0.1, 0.15) is 15.9 Å². The first-order valence-electron chi connectivity index (χ1n) is 5.16. The predicted octanol–water partition coefficient (Wildman–Crippen LogP) is 3.58.